The predicted molar refractivity (Wildman–Crippen MR) is 128 cm³/mol. The van der Waals surface area contributed by atoms with Crippen molar-refractivity contribution >= 4 is 27.7 Å². The Kier molecular flexibility index (Phi) is 7.45. The van der Waals surface area contributed by atoms with Gasteiger partial charge in [-0.25, -0.2) is 12.8 Å². The fraction of sp³-hybridized carbons (Fsp3) is 0.400. The van der Waals surface area contributed by atoms with Crippen molar-refractivity contribution in [3.05, 3.63) is 66.0 Å². The second-order valence-electron chi connectivity index (χ2n) is 8.51. The maximum absolute atomic E-state index is 13.1. The summed E-state index contributed by atoms with van der Waals surface area (Å²) in [7, 11) is -3.47. The molecule has 0 saturated carbocycles. The summed E-state index contributed by atoms with van der Waals surface area (Å²) in [5, 5.41) is 0. The topological polar surface area (TPSA) is 60.9 Å². The number of halogens is 1. The van der Waals surface area contributed by atoms with Crippen LogP contribution in [-0.4, -0.2) is 62.8 Å². The lowest BCUT2D eigenvalue weighted by Gasteiger charge is -2.35. The lowest BCUT2D eigenvalue weighted by Crippen LogP contribution is -2.48. The van der Waals surface area contributed by atoms with Gasteiger partial charge in [0.15, 0.2) is 0 Å². The number of anilines is 1. The van der Waals surface area contributed by atoms with Gasteiger partial charge >= 0.3 is 0 Å². The van der Waals surface area contributed by atoms with Gasteiger partial charge in [0, 0.05) is 51.0 Å². The summed E-state index contributed by atoms with van der Waals surface area (Å²) in [5.74, 6) is -0.333. The molecule has 33 heavy (non-hydrogen) atoms. The number of hydrogen-bond acceptors (Lipinski definition) is 4. The summed E-state index contributed by atoms with van der Waals surface area (Å²) in [4.78, 5) is 16.8. The van der Waals surface area contributed by atoms with Crippen molar-refractivity contribution in [2.45, 2.75) is 30.6 Å². The number of carbonyl (C=O) groups is 1. The third-order valence-corrected chi connectivity index (χ3v) is 8.20. The maximum Gasteiger partial charge on any atom is 0.246 e. The number of carbonyl (C=O) groups excluding carboxylic acids is 1. The van der Waals surface area contributed by atoms with Crippen LogP contribution in [0.1, 0.15) is 31.2 Å². The molecule has 2 saturated heterocycles. The Balaban J connectivity index is 1.32. The summed E-state index contributed by atoms with van der Waals surface area (Å²) < 4.78 is 40.5. The molecule has 6 nitrogen and oxygen atoms in total. The van der Waals surface area contributed by atoms with Crippen LogP contribution in [0.3, 0.4) is 0 Å². The van der Waals surface area contributed by atoms with Crippen LogP contribution in [0.25, 0.3) is 6.08 Å². The Labute approximate surface area is 195 Å². The van der Waals surface area contributed by atoms with E-state index in [-0.39, 0.29) is 11.7 Å². The van der Waals surface area contributed by atoms with Gasteiger partial charge in [-0.2, -0.15) is 4.31 Å². The SMILES string of the molecule is O=C(/C=C/c1ccc(S(=O)(=O)N2CCCCCC2)cc1)N1CCN(c2ccc(F)cc2)CC1. The Morgan fingerprint density at radius 3 is 2.00 bits per heavy atom. The van der Waals surface area contributed by atoms with Gasteiger partial charge in [0.2, 0.25) is 15.9 Å². The number of piperazine rings is 1. The molecule has 0 N–H and O–H groups in total. The van der Waals surface area contributed by atoms with Crippen LogP contribution in [0.15, 0.2) is 59.5 Å². The van der Waals surface area contributed by atoms with E-state index in [1.807, 2.05) is 0 Å². The molecule has 2 aromatic carbocycles. The maximum atomic E-state index is 13.1. The molecule has 0 aromatic heterocycles. The highest BCUT2D eigenvalue weighted by molar-refractivity contribution is 7.89. The molecule has 2 aliphatic heterocycles. The Morgan fingerprint density at radius 1 is 0.788 bits per heavy atom. The Morgan fingerprint density at radius 2 is 1.39 bits per heavy atom. The standard InChI is InChI=1S/C25H30FN3O3S/c26-22-8-10-23(11-9-22)27-17-19-28(20-18-27)25(30)14-7-21-5-12-24(13-6-21)33(31,32)29-15-3-1-2-4-16-29/h5-14H,1-4,15-20H2/b14-7+. The highest BCUT2D eigenvalue weighted by Gasteiger charge is 2.25. The van der Waals surface area contributed by atoms with Gasteiger partial charge in [-0.05, 0) is 60.9 Å². The van der Waals surface area contributed by atoms with Crippen molar-refractivity contribution in [3.8, 4) is 0 Å². The number of benzene rings is 2. The first kappa shape index (κ1) is 23.4. The van der Waals surface area contributed by atoms with E-state index in [0.29, 0.717) is 44.2 Å². The van der Waals surface area contributed by atoms with Crippen molar-refractivity contribution in [1.29, 1.82) is 0 Å². The minimum absolute atomic E-state index is 0.0741. The van der Waals surface area contributed by atoms with Crippen LogP contribution in [0.2, 0.25) is 0 Å². The lowest BCUT2D eigenvalue weighted by atomic mass is 10.2. The fourth-order valence-electron chi connectivity index (χ4n) is 4.29. The summed E-state index contributed by atoms with van der Waals surface area (Å²) in [6.07, 6.45) is 7.21. The normalized spacial score (nSPS) is 18.5. The molecule has 0 bridgehead atoms. The van der Waals surface area contributed by atoms with E-state index >= 15 is 0 Å². The molecule has 176 valence electrons. The average molecular weight is 472 g/mol. The smallest absolute Gasteiger partial charge is 0.246 e. The molecule has 0 unspecified atom stereocenters. The molecule has 2 fully saturated rings. The molecule has 4 rings (SSSR count). The van der Waals surface area contributed by atoms with Crippen LogP contribution in [0, 0.1) is 5.82 Å². The molecular weight excluding hydrogens is 441 g/mol. The molecular formula is C25H30FN3O3S. The fourth-order valence-corrected chi connectivity index (χ4v) is 5.81. The van der Waals surface area contributed by atoms with E-state index in [0.717, 1.165) is 36.9 Å². The lowest BCUT2D eigenvalue weighted by molar-refractivity contribution is -0.126. The first-order valence-corrected chi connectivity index (χ1v) is 13.0. The van der Waals surface area contributed by atoms with E-state index in [2.05, 4.69) is 4.90 Å². The van der Waals surface area contributed by atoms with Gasteiger partial charge in [0.05, 0.1) is 4.90 Å². The van der Waals surface area contributed by atoms with Gasteiger partial charge in [0.1, 0.15) is 5.82 Å². The Hall–Kier alpha value is -2.71. The first-order valence-electron chi connectivity index (χ1n) is 11.5. The molecule has 0 spiro atoms. The third-order valence-electron chi connectivity index (χ3n) is 6.28. The zero-order valence-electron chi connectivity index (χ0n) is 18.7. The summed E-state index contributed by atoms with van der Waals surface area (Å²) in [5.41, 5.74) is 1.73. The second-order valence-corrected chi connectivity index (χ2v) is 10.4. The highest BCUT2D eigenvalue weighted by Crippen LogP contribution is 2.21. The zero-order chi connectivity index (χ0) is 23.3. The molecule has 1 amide bonds. The molecule has 0 atom stereocenters. The van der Waals surface area contributed by atoms with Crippen molar-refractivity contribution in [1.82, 2.24) is 9.21 Å². The van der Waals surface area contributed by atoms with Crippen LogP contribution in [-0.2, 0) is 14.8 Å². The van der Waals surface area contributed by atoms with Crippen LogP contribution in [0.5, 0.6) is 0 Å². The van der Waals surface area contributed by atoms with E-state index in [9.17, 15) is 17.6 Å². The van der Waals surface area contributed by atoms with Gasteiger partial charge in [0.25, 0.3) is 0 Å². The van der Waals surface area contributed by atoms with Crippen molar-refractivity contribution in [2.24, 2.45) is 0 Å². The van der Waals surface area contributed by atoms with Crippen LogP contribution < -0.4 is 4.90 Å². The zero-order valence-corrected chi connectivity index (χ0v) is 19.5. The number of nitrogens with zero attached hydrogens (tertiary/aromatic N) is 3. The molecule has 0 aliphatic carbocycles. The number of hydrogen-bond donors (Lipinski definition) is 0. The van der Waals surface area contributed by atoms with Crippen molar-refractivity contribution in [3.63, 3.8) is 0 Å². The largest absolute Gasteiger partial charge is 0.368 e. The van der Waals surface area contributed by atoms with E-state index in [1.165, 1.54) is 18.2 Å². The molecule has 2 heterocycles. The van der Waals surface area contributed by atoms with Gasteiger partial charge in [-0.1, -0.05) is 25.0 Å². The van der Waals surface area contributed by atoms with Gasteiger partial charge in [-0.15, -0.1) is 0 Å². The minimum Gasteiger partial charge on any atom is -0.368 e. The monoisotopic (exact) mass is 471 g/mol. The second kappa shape index (κ2) is 10.5. The third kappa shape index (κ3) is 5.81. The highest BCUT2D eigenvalue weighted by atomic mass is 32.2. The first-order chi connectivity index (χ1) is 15.9. The molecule has 2 aromatic rings. The van der Waals surface area contributed by atoms with E-state index in [1.54, 1.807) is 51.7 Å². The Bertz CT molecular complexity index is 1070. The van der Waals surface area contributed by atoms with E-state index < -0.39 is 10.0 Å². The van der Waals surface area contributed by atoms with Crippen LogP contribution >= 0.6 is 0 Å². The van der Waals surface area contributed by atoms with Crippen molar-refractivity contribution in [2.75, 3.05) is 44.2 Å². The van der Waals surface area contributed by atoms with Crippen LogP contribution in [0.4, 0.5) is 10.1 Å². The minimum atomic E-state index is -3.47. The predicted octanol–water partition coefficient (Wildman–Crippen LogP) is 3.75. The van der Waals surface area contributed by atoms with Crippen molar-refractivity contribution < 1.29 is 17.6 Å². The van der Waals surface area contributed by atoms with Gasteiger partial charge in [-0.3, -0.25) is 4.79 Å². The van der Waals surface area contributed by atoms with Gasteiger partial charge < -0.3 is 9.80 Å². The summed E-state index contributed by atoms with van der Waals surface area (Å²) >= 11 is 0. The summed E-state index contributed by atoms with van der Waals surface area (Å²) in [6.45, 7) is 3.71. The molecule has 0 radical (unpaired) electrons. The van der Waals surface area contributed by atoms with E-state index in [4.69, 9.17) is 0 Å². The number of rotatable bonds is 5. The molecule has 2 aliphatic rings. The number of sulfonamides is 1. The summed E-state index contributed by atoms with van der Waals surface area (Å²) in [6, 6.07) is 13.1. The molecule has 8 heteroatoms. The number of amides is 1. The average Bonchev–Trinajstić information content (AvgIpc) is 3.14. The quantitative estimate of drug-likeness (QED) is 0.623.